The predicted molar refractivity (Wildman–Crippen MR) is 127 cm³/mol. The van der Waals surface area contributed by atoms with E-state index in [4.69, 9.17) is 4.74 Å². The monoisotopic (exact) mass is 444 g/mol. The van der Waals surface area contributed by atoms with Crippen LogP contribution in [0.5, 0.6) is 5.75 Å². The molecule has 0 aliphatic rings. The summed E-state index contributed by atoms with van der Waals surface area (Å²) in [7, 11) is 1.57. The minimum Gasteiger partial charge on any atom is -0.496 e. The summed E-state index contributed by atoms with van der Waals surface area (Å²) in [5.41, 5.74) is 4.34. The normalized spacial score (nSPS) is 11.0. The molecule has 160 valence electrons. The number of amides is 1. The van der Waals surface area contributed by atoms with Crippen LogP contribution in [0, 0.1) is 0 Å². The highest BCUT2D eigenvalue weighted by atomic mass is 32.2. The first kappa shape index (κ1) is 21.3. The van der Waals surface area contributed by atoms with Crippen molar-refractivity contribution in [3.05, 3.63) is 94.8 Å². The van der Waals surface area contributed by atoms with E-state index in [0.717, 1.165) is 5.56 Å². The van der Waals surface area contributed by atoms with E-state index in [1.54, 1.807) is 25.3 Å². The van der Waals surface area contributed by atoms with Crippen molar-refractivity contribution in [3.63, 3.8) is 0 Å². The number of hydrazone groups is 1. The third-order valence-electron chi connectivity index (χ3n) is 4.62. The Balaban J connectivity index is 1.54. The van der Waals surface area contributed by atoms with E-state index in [9.17, 15) is 9.59 Å². The lowest BCUT2D eigenvalue weighted by atomic mass is 10.2. The molecule has 8 heteroatoms. The number of fused-ring (bicyclic) bond motifs is 1. The fourth-order valence-corrected chi connectivity index (χ4v) is 3.93. The third kappa shape index (κ3) is 4.70. The number of nitrogens with zero attached hydrogens (tertiary/aromatic N) is 3. The Morgan fingerprint density at radius 2 is 1.78 bits per heavy atom. The Morgan fingerprint density at radius 1 is 1.06 bits per heavy atom. The van der Waals surface area contributed by atoms with Crippen LogP contribution < -0.4 is 15.7 Å². The number of para-hydroxylation sites is 3. The topological polar surface area (TPSA) is 85.6 Å². The number of carbonyl (C=O) groups excluding carboxylic acids is 1. The van der Waals surface area contributed by atoms with Crippen molar-refractivity contribution in [1.29, 1.82) is 0 Å². The molecule has 0 bridgehead atoms. The number of hydrogen-bond acceptors (Lipinski definition) is 6. The largest absolute Gasteiger partial charge is 0.496 e. The Kier molecular flexibility index (Phi) is 6.62. The molecule has 0 radical (unpaired) electrons. The van der Waals surface area contributed by atoms with Gasteiger partial charge in [0, 0.05) is 5.56 Å². The molecule has 1 N–H and O–H groups in total. The molecule has 4 rings (SSSR count). The van der Waals surface area contributed by atoms with E-state index in [0.29, 0.717) is 27.5 Å². The Labute approximate surface area is 188 Å². The molecule has 0 aliphatic heterocycles. The second-order valence-corrected chi connectivity index (χ2v) is 7.65. The highest BCUT2D eigenvalue weighted by molar-refractivity contribution is 7.99. The molecule has 3 aromatic carbocycles. The summed E-state index contributed by atoms with van der Waals surface area (Å²) in [6, 6.07) is 23.8. The summed E-state index contributed by atoms with van der Waals surface area (Å²) in [4.78, 5) is 30.1. The zero-order valence-electron chi connectivity index (χ0n) is 17.3. The molecule has 32 heavy (non-hydrogen) atoms. The van der Waals surface area contributed by atoms with Crippen molar-refractivity contribution in [2.24, 2.45) is 5.10 Å². The summed E-state index contributed by atoms with van der Waals surface area (Å²) in [6.45, 7) is 0. The number of ether oxygens (including phenoxy) is 1. The maximum atomic E-state index is 13.2. The molecule has 4 aromatic rings. The second kappa shape index (κ2) is 9.93. The highest BCUT2D eigenvalue weighted by Crippen LogP contribution is 2.21. The van der Waals surface area contributed by atoms with Gasteiger partial charge >= 0.3 is 0 Å². The fourth-order valence-electron chi connectivity index (χ4n) is 3.12. The van der Waals surface area contributed by atoms with E-state index < -0.39 is 0 Å². The van der Waals surface area contributed by atoms with Crippen LogP contribution in [0.25, 0.3) is 16.6 Å². The number of rotatable bonds is 7. The van der Waals surface area contributed by atoms with Crippen LogP contribution in [0.15, 0.2) is 93.9 Å². The lowest BCUT2D eigenvalue weighted by Gasteiger charge is -2.12. The van der Waals surface area contributed by atoms with Gasteiger partial charge in [-0.05, 0) is 36.4 Å². The number of hydrogen-bond donors (Lipinski definition) is 1. The minimum absolute atomic E-state index is 0.0425. The number of benzene rings is 3. The molecular weight excluding hydrogens is 424 g/mol. The van der Waals surface area contributed by atoms with Gasteiger partial charge in [0.25, 0.3) is 11.5 Å². The van der Waals surface area contributed by atoms with Gasteiger partial charge in [-0.2, -0.15) is 5.10 Å². The molecule has 0 saturated heterocycles. The van der Waals surface area contributed by atoms with Gasteiger partial charge in [0.05, 0.1) is 35.7 Å². The Hall–Kier alpha value is -3.91. The van der Waals surface area contributed by atoms with Crippen molar-refractivity contribution in [2.75, 3.05) is 12.9 Å². The van der Waals surface area contributed by atoms with Crippen LogP contribution >= 0.6 is 11.8 Å². The van der Waals surface area contributed by atoms with Gasteiger partial charge in [-0.3, -0.25) is 14.2 Å². The maximum Gasteiger partial charge on any atom is 0.266 e. The van der Waals surface area contributed by atoms with Crippen LogP contribution in [0.3, 0.4) is 0 Å². The Bertz CT molecular complexity index is 1340. The lowest BCUT2D eigenvalue weighted by Crippen LogP contribution is -2.24. The molecule has 0 saturated carbocycles. The lowest BCUT2D eigenvalue weighted by molar-refractivity contribution is -0.118. The number of thioether (sulfide) groups is 1. The number of methoxy groups -OCH3 is 1. The SMILES string of the molecule is COc1ccccc1C=NNC(=O)CSc1nc2ccccc2c(=O)n1-c1ccccc1. The molecule has 7 nitrogen and oxygen atoms in total. The smallest absolute Gasteiger partial charge is 0.266 e. The van der Waals surface area contributed by atoms with Crippen molar-refractivity contribution in [2.45, 2.75) is 5.16 Å². The predicted octanol–water partition coefficient (Wildman–Crippen LogP) is 3.64. The van der Waals surface area contributed by atoms with Gasteiger partial charge in [-0.1, -0.05) is 54.2 Å². The van der Waals surface area contributed by atoms with Gasteiger partial charge in [-0.25, -0.2) is 10.4 Å². The summed E-state index contributed by atoms with van der Waals surface area (Å²) in [5, 5.41) is 4.96. The van der Waals surface area contributed by atoms with E-state index in [2.05, 4.69) is 15.5 Å². The van der Waals surface area contributed by atoms with Gasteiger partial charge in [0.2, 0.25) is 0 Å². The zero-order chi connectivity index (χ0) is 22.3. The molecular formula is C24H20N4O3S. The van der Waals surface area contributed by atoms with Crippen LogP contribution in [0.4, 0.5) is 0 Å². The van der Waals surface area contributed by atoms with Crippen LogP contribution in [-0.2, 0) is 4.79 Å². The molecule has 0 aliphatic carbocycles. The quantitative estimate of drug-likeness (QED) is 0.204. The van der Waals surface area contributed by atoms with E-state index >= 15 is 0 Å². The molecule has 0 unspecified atom stereocenters. The van der Waals surface area contributed by atoms with Crippen LogP contribution in [0.2, 0.25) is 0 Å². The molecule has 0 spiro atoms. The Morgan fingerprint density at radius 3 is 2.59 bits per heavy atom. The van der Waals surface area contributed by atoms with Crippen molar-refractivity contribution in [1.82, 2.24) is 15.0 Å². The fraction of sp³-hybridized carbons (Fsp3) is 0.0833. The summed E-state index contributed by atoms with van der Waals surface area (Å²) in [5.74, 6) is 0.385. The zero-order valence-corrected chi connectivity index (χ0v) is 18.1. The molecule has 0 atom stereocenters. The van der Waals surface area contributed by atoms with E-state index in [1.807, 2.05) is 60.7 Å². The van der Waals surface area contributed by atoms with Crippen LogP contribution in [-0.4, -0.2) is 34.5 Å². The first-order valence-corrected chi connectivity index (χ1v) is 10.8. The average Bonchev–Trinajstić information content (AvgIpc) is 2.83. The summed E-state index contributed by atoms with van der Waals surface area (Å²) < 4.78 is 6.79. The van der Waals surface area contributed by atoms with Gasteiger partial charge < -0.3 is 4.74 Å². The summed E-state index contributed by atoms with van der Waals surface area (Å²) in [6.07, 6.45) is 1.52. The maximum absolute atomic E-state index is 13.2. The first-order valence-electron chi connectivity index (χ1n) is 9.82. The number of nitrogens with one attached hydrogen (secondary N) is 1. The molecule has 1 heterocycles. The van der Waals surface area contributed by atoms with Gasteiger partial charge in [0.15, 0.2) is 5.16 Å². The number of aromatic nitrogens is 2. The molecule has 1 amide bonds. The first-order chi connectivity index (χ1) is 15.7. The van der Waals surface area contributed by atoms with Crippen LogP contribution in [0.1, 0.15) is 5.56 Å². The minimum atomic E-state index is -0.317. The standard InChI is InChI=1S/C24H20N4O3S/c1-31-21-14-8-5-9-17(21)15-25-27-22(29)16-32-24-26-20-13-7-6-12-19(20)23(30)28(24)18-10-3-2-4-11-18/h2-15H,16H2,1H3,(H,27,29). The third-order valence-corrected chi connectivity index (χ3v) is 5.56. The van der Waals surface area contributed by atoms with E-state index in [1.165, 1.54) is 22.5 Å². The van der Waals surface area contributed by atoms with Gasteiger partial charge in [0.1, 0.15) is 5.75 Å². The summed E-state index contributed by atoms with van der Waals surface area (Å²) >= 11 is 1.17. The van der Waals surface area contributed by atoms with Crippen molar-refractivity contribution < 1.29 is 9.53 Å². The molecule has 0 fully saturated rings. The van der Waals surface area contributed by atoms with Crippen molar-refractivity contribution in [3.8, 4) is 11.4 Å². The average molecular weight is 445 g/mol. The number of carbonyl (C=O) groups is 1. The van der Waals surface area contributed by atoms with Crippen molar-refractivity contribution >= 4 is 34.8 Å². The second-order valence-electron chi connectivity index (χ2n) is 6.71. The highest BCUT2D eigenvalue weighted by Gasteiger charge is 2.14. The molecule has 1 aromatic heterocycles. The van der Waals surface area contributed by atoms with E-state index in [-0.39, 0.29) is 17.2 Å². The van der Waals surface area contributed by atoms with Gasteiger partial charge in [-0.15, -0.1) is 0 Å².